The number of carbonyl (C=O) groups is 1. The number of nitro groups is 1. The summed E-state index contributed by atoms with van der Waals surface area (Å²) in [5.41, 5.74) is 0.197. The van der Waals surface area contributed by atoms with Crippen molar-refractivity contribution in [3.05, 3.63) is 33.4 Å². The Balaban J connectivity index is 2.90. The van der Waals surface area contributed by atoms with Crippen molar-refractivity contribution in [2.24, 2.45) is 0 Å². The second-order valence-electron chi connectivity index (χ2n) is 5.17. The summed E-state index contributed by atoms with van der Waals surface area (Å²) in [4.78, 5) is 21.7. The Morgan fingerprint density at radius 2 is 2.10 bits per heavy atom. The van der Waals surface area contributed by atoms with Crippen LogP contribution in [0.25, 0.3) is 0 Å². The largest absolute Gasteiger partial charge is 0.487 e. The molecule has 0 fully saturated rings. The van der Waals surface area contributed by atoms with E-state index in [-0.39, 0.29) is 24.5 Å². The average Bonchev–Trinajstić information content (AvgIpc) is 2.39. The van der Waals surface area contributed by atoms with Gasteiger partial charge >= 0.3 is 11.7 Å². The molecule has 0 aliphatic carbocycles. The van der Waals surface area contributed by atoms with Crippen LogP contribution < -0.4 is 10.1 Å². The van der Waals surface area contributed by atoms with Gasteiger partial charge in [0.2, 0.25) is 0 Å². The molecule has 0 aliphatic rings. The summed E-state index contributed by atoms with van der Waals surface area (Å²) in [5, 5.41) is 22.9. The van der Waals surface area contributed by atoms with Gasteiger partial charge in [-0.25, -0.2) is 0 Å². The summed E-state index contributed by atoms with van der Waals surface area (Å²) in [6.45, 7) is 5.10. The minimum Gasteiger partial charge on any atom is -0.487 e. The molecule has 1 aromatic rings. The van der Waals surface area contributed by atoms with Crippen LogP contribution in [0.1, 0.15) is 24.5 Å². The van der Waals surface area contributed by atoms with E-state index in [9.17, 15) is 14.9 Å². The molecule has 0 saturated heterocycles. The Hall–Kier alpha value is -2.15. The van der Waals surface area contributed by atoms with Crippen LogP contribution in [0.15, 0.2) is 12.1 Å². The highest BCUT2D eigenvalue weighted by atomic mass is 16.6. The van der Waals surface area contributed by atoms with Gasteiger partial charge in [-0.05, 0) is 38.9 Å². The second-order valence-corrected chi connectivity index (χ2v) is 5.17. The lowest BCUT2D eigenvalue weighted by Gasteiger charge is -2.24. The highest BCUT2D eigenvalue weighted by Crippen LogP contribution is 2.32. The van der Waals surface area contributed by atoms with Crippen molar-refractivity contribution in [2.45, 2.75) is 32.7 Å². The molecule has 0 radical (unpaired) electrons. The van der Waals surface area contributed by atoms with E-state index in [1.54, 1.807) is 27.0 Å². The Bertz CT molecular complexity index is 559. The molecular formula is C14H20N2O5. The molecule has 1 rings (SSSR count). The van der Waals surface area contributed by atoms with Gasteiger partial charge in [0.25, 0.3) is 0 Å². The number of carboxylic acids is 1. The average molecular weight is 296 g/mol. The van der Waals surface area contributed by atoms with Crippen LogP contribution in [0.3, 0.4) is 0 Å². The van der Waals surface area contributed by atoms with E-state index in [1.165, 1.54) is 13.0 Å². The standard InChI is InChI=1S/C14H20N2O5/c1-9-7-10(2)12(11(8-9)16(19)20)21-6-5-14(3,15-4)13(17)18/h7-8,15H,5-6H2,1-4H3,(H,17,18). The zero-order valence-electron chi connectivity index (χ0n) is 12.6. The number of hydrogen-bond acceptors (Lipinski definition) is 5. The number of nitrogens with zero attached hydrogens (tertiary/aromatic N) is 1. The molecule has 7 heteroatoms. The topological polar surface area (TPSA) is 102 Å². The van der Waals surface area contributed by atoms with Gasteiger partial charge in [0.15, 0.2) is 5.75 Å². The second kappa shape index (κ2) is 6.53. The molecule has 1 atom stereocenters. The predicted molar refractivity (Wildman–Crippen MR) is 77.8 cm³/mol. The molecule has 116 valence electrons. The number of ether oxygens (including phenoxy) is 1. The minimum atomic E-state index is -1.13. The van der Waals surface area contributed by atoms with Crippen molar-refractivity contribution in [1.82, 2.24) is 5.32 Å². The van der Waals surface area contributed by atoms with Crippen molar-refractivity contribution in [3.63, 3.8) is 0 Å². The first-order valence-electron chi connectivity index (χ1n) is 6.52. The fourth-order valence-corrected chi connectivity index (χ4v) is 1.95. The number of benzene rings is 1. The lowest BCUT2D eigenvalue weighted by atomic mass is 9.99. The molecule has 0 heterocycles. The molecular weight excluding hydrogens is 276 g/mol. The third-order valence-electron chi connectivity index (χ3n) is 3.47. The zero-order chi connectivity index (χ0) is 16.2. The molecule has 7 nitrogen and oxygen atoms in total. The smallest absolute Gasteiger partial charge is 0.323 e. The van der Waals surface area contributed by atoms with Crippen molar-refractivity contribution in [3.8, 4) is 5.75 Å². The summed E-state index contributed by atoms with van der Waals surface area (Å²) < 4.78 is 5.49. The van der Waals surface area contributed by atoms with Crippen LogP contribution in [-0.2, 0) is 4.79 Å². The molecule has 0 saturated carbocycles. The van der Waals surface area contributed by atoms with Gasteiger partial charge in [0.1, 0.15) is 5.54 Å². The van der Waals surface area contributed by atoms with Crippen LogP contribution in [-0.4, -0.2) is 35.2 Å². The maximum atomic E-state index is 11.2. The summed E-state index contributed by atoms with van der Waals surface area (Å²) in [6, 6.07) is 3.23. The van der Waals surface area contributed by atoms with Gasteiger partial charge in [-0.1, -0.05) is 6.07 Å². The highest BCUT2D eigenvalue weighted by molar-refractivity contribution is 5.78. The van der Waals surface area contributed by atoms with Crippen molar-refractivity contribution in [1.29, 1.82) is 0 Å². The maximum Gasteiger partial charge on any atom is 0.323 e. The molecule has 0 bridgehead atoms. The van der Waals surface area contributed by atoms with E-state index in [0.29, 0.717) is 5.56 Å². The quantitative estimate of drug-likeness (QED) is 0.589. The summed E-state index contributed by atoms with van der Waals surface area (Å²) in [5.74, 6) is -0.807. The number of nitro benzene ring substituents is 1. The first-order chi connectivity index (χ1) is 9.71. The zero-order valence-corrected chi connectivity index (χ0v) is 12.6. The third-order valence-corrected chi connectivity index (χ3v) is 3.47. The van der Waals surface area contributed by atoms with E-state index < -0.39 is 16.4 Å². The maximum absolute atomic E-state index is 11.2. The fraction of sp³-hybridized carbons (Fsp3) is 0.500. The van der Waals surface area contributed by atoms with Gasteiger partial charge < -0.3 is 15.2 Å². The normalized spacial score (nSPS) is 13.5. The number of aryl methyl sites for hydroxylation is 2. The Kier molecular flexibility index (Phi) is 5.26. The minimum absolute atomic E-state index is 0.0639. The summed E-state index contributed by atoms with van der Waals surface area (Å²) in [7, 11) is 1.55. The SMILES string of the molecule is CNC(C)(CCOc1c(C)cc(C)cc1[N+](=O)[O-])C(=O)O. The van der Waals surface area contributed by atoms with Gasteiger partial charge in [-0.2, -0.15) is 0 Å². The number of hydrogen-bond donors (Lipinski definition) is 2. The van der Waals surface area contributed by atoms with Crippen molar-refractivity contribution < 1.29 is 19.6 Å². The number of nitrogens with one attached hydrogen (secondary N) is 1. The Labute approximate surface area is 123 Å². The fourth-order valence-electron chi connectivity index (χ4n) is 1.95. The molecule has 21 heavy (non-hydrogen) atoms. The van der Waals surface area contributed by atoms with Gasteiger partial charge in [-0.15, -0.1) is 0 Å². The third kappa shape index (κ3) is 3.91. The van der Waals surface area contributed by atoms with E-state index >= 15 is 0 Å². The summed E-state index contributed by atoms with van der Waals surface area (Å²) >= 11 is 0. The molecule has 1 unspecified atom stereocenters. The first-order valence-corrected chi connectivity index (χ1v) is 6.52. The van der Waals surface area contributed by atoms with Crippen LogP contribution in [0.2, 0.25) is 0 Å². The first kappa shape index (κ1) is 16.9. The monoisotopic (exact) mass is 296 g/mol. The highest BCUT2D eigenvalue weighted by Gasteiger charge is 2.31. The molecule has 0 aromatic heterocycles. The van der Waals surface area contributed by atoms with Crippen molar-refractivity contribution in [2.75, 3.05) is 13.7 Å². The number of likely N-dealkylation sites (N-methyl/N-ethyl adjacent to an activating group) is 1. The molecule has 1 aromatic carbocycles. The van der Waals surface area contributed by atoms with E-state index in [2.05, 4.69) is 5.32 Å². The Morgan fingerprint density at radius 1 is 1.48 bits per heavy atom. The van der Waals surface area contributed by atoms with Gasteiger partial charge in [0.05, 0.1) is 11.5 Å². The van der Waals surface area contributed by atoms with Crippen molar-refractivity contribution >= 4 is 11.7 Å². The number of rotatable bonds is 7. The predicted octanol–water partition coefficient (Wildman–Crippen LogP) is 2.04. The van der Waals surface area contributed by atoms with E-state index in [1.807, 2.05) is 0 Å². The Morgan fingerprint density at radius 3 is 2.57 bits per heavy atom. The van der Waals surface area contributed by atoms with E-state index in [0.717, 1.165) is 5.56 Å². The summed E-state index contributed by atoms with van der Waals surface area (Å²) in [6.07, 6.45) is 0.184. The van der Waals surface area contributed by atoms with Crippen LogP contribution in [0.4, 0.5) is 5.69 Å². The lowest BCUT2D eigenvalue weighted by Crippen LogP contribution is -2.48. The molecule has 2 N–H and O–H groups in total. The molecule has 0 aliphatic heterocycles. The lowest BCUT2D eigenvalue weighted by molar-refractivity contribution is -0.386. The van der Waals surface area contributed by atoms with E-state index in [4.69, 9.17) is 9.84 Å². The molecule has 0 spiro atoms. The van der Waals surface area contributed by atoms with Crippen LogP contribution in [0, 0.1) is 24.0 Å². The van der Waals surface area contributed by atoms with Crippen LogP contribution in [0.5, 0.6) is 5.75 Å². The van der Waals surface area contributed by atoms with Gasteiger partial charge in [-0.3, -0.25) is 14.9 Å². The van der Waals surface area contributed by atoms with Crippen LogP contribution >= 0.6 is 0 Å². The van der Waals surface area contributed by atoms with Gasteiger partial charge in [0, 0.05) is 12.5 Å². The number of carboxylic acid groups (broad SMARTS) is 1. The molecule has 0 amide bonds. The number of aliphatic carboxylic acids is 1.